The number of para-hydroxylation sites is 1. The Labute approximate surface area is 182 Å². The largest absolute Gasteiger partial charge is 0.326 e. The highest BCUT2D eigenvalue weighted by Gasteiger charge is 2.15. The minimum Gasteiger partial charge on any atom is -0.326 e. The van der Waals surface area contributed by atoms with E-state index in [4.69, 9.17) is 11.6 Å². The van der Waals surface area contributed by atoms with Crippen molar-refractivity contribution in [3.63, 3.8) is 0 Å². The van der Waals surface area contributed by atoms with Crippen molar-refractivity contribution in [2.24, 2.45) is 0 Å². The molecule has 1 aromatic heterocycles. The van der Waals surface area contributed by atoms with Gasteiger partial charge in [0.1, 0.15) is 5.82 Å². The summed E-state index contributed by atoms with van der Waals surface area (Å²) in [5, 5.41) is 6.42. The number of carbonyl (C=O) groups excluding carboxylic acids is 2. The number of aromatic nitrogens is 1. The summed E-state index contributed by atoms with van der Waals surface area (Å²) in [5.74, 6) is -0.930. The summed E-state index contributed by atoms with van der Waals surface area (Å²) < 4.78 is 13.3. The highest BCUT2D eigenvalue weighted by molar-refractivity contribution is 6.34. The number of benzene rings is 3. The molecule has 2 amide bonds. The zero-order valence-corrected chi connectivity index (χ0v) is 17.2. The predicted molar refractivity (Wildman–Crippen MR) is 121 cm³/mol. The number of nitrogens with zero attached hydrogens (tertiary/aromatic N) is 1. The van der Waals surface area contributed by atoms with Gasteiger partial charge in [-0.25, -0.2) is 9.37 Å². The van der Waals surface area contributed by atoms with E-state index in [0.29, 0.717) is 39.1 Å². The summed E-state index contributed by atoms with van der Waals surface area (Å²) in [6.45, 7) is 1.40. The van der Waals surface area contributed by atoms with Gasteiger partial charge in [-0.2, -0.15) is 0 Å². The van der Waals surface area contributed by atoms with Crippen LogP contribution in [0.3, 0.4) is 0 Å². The molecule has 4 rings (SSSR count). The molecule has 0 unspecified atom stereocenters. The monoisotopic (exact) mass is 433 g/mol. The lowest BCUT2D eigenvalue weighted by Crippen LogP contribution is -2.14. The van der Waals surface area contributed by atoms with Gasteiger partial charge in [-0.15, -0.1) is 0 Å². The fourth-order valence-electron chi connectivity index (χ4n) is 3.22. The van der Waals surface area contributed by atoms with E-state index >= 15 is 0 Å². The number of nitrogens with one attached hydrogen (secondary N) is 2. The number of anilines is 2. The van der Waals surface area contributed by atoms with Crippen LogP contribution in [0.5, 0.6) is 0 Å². The van der Waals surface area contributed by atoms with E-state index < -0.39 is 0 Å². The first-order valence-electron chi connectivity index (χ1n) is 9.45. The number of carbonyl (C=O) groups is 2. The van der Waals surface area contributed by atoms with Crippen LogP contribution in [0.25, 0.3) is 22.2 Å². The zero-order valence-electron chi connectivity index (χ0n) is 16.4. The number of amides is 2. The van der Waals surface area contributed by atoms with Gasteiger partial charge < -0.3 is 10.6 Å². The Kier molecular flexibility index (Phi) is 5.64. The van der Waals surface area contributed by atoms with Crippen LogP contribution < -0.4 is 10.6 Å². The third kappa shape index (κ3) is 4.54. The van der Waals surface area contributed by atoms with Crippen LogP contribution in [-0.4, -0.2) is 16.8 Å². The van der Waals surface area contributed by atoms with E-state index in [1.54, 1.807) is 36.4 Å². The molecule has 7 heteroatoms. The minimum atomic E-state index is -0.365. The van der Waals surface area contributed by atoms with E-state index in [0.717, 1.165) is 0 Å². The molecule has 0 spiro atoms. The van der Waals surface area contributed by atoms with Gasteiger partial charge >= 0.3 is 0 Å². The Morgan fingerprint density at radius 2 is 1.68 bits per heavy atom. The fraction of sp³-hybridized carbons (Fsp3) is 0.0417. The average Bonchev–Trinajstić information content (AvgIpc) is 2.75. The van der Waals surface area contributed by atoms with Gasteiger partial charge in [0.25, 0.3) is 5.91 Å². The van der Waals surface area contributed by atoms with Crippen molar-refractivity contribution < 1.29 is 14.0 Å². The summed E-state index contributed by atoms with van der Waals surface area (Å²) in [4.78, 5) is 29.0. The first kappa shape index (κ1) is 20.5. The van der Waals surface area contributed by atoms with Crippen molar-refractivity contribution in [3.8, 4) is 11.3 Å². The van der Waals surface area contributed by atoms with Gasteiger partial charge in [-0.1, -0.05) is 29.8 Å². The lowest BCUT2D eigenvalue weighted by atomic mass is 10.0. The number of pyridine rings is 1. The van der Waals surface area contributed by atoms with Crippen molar-refractivity contribution >= 4 is 45.7 Å². The third-order valence-corrected chi connectivity index (χ3v) is 4.95. The molecule has 1 heterocycles. The average molecular weight is 434 g/mol. The molecule has 0 aliphatic carbocycles. The molecule has 154 valence electrons. The summed E-state index contributed by atoms with van der Waals surface area (Å²) in [5.41, 5.74) is 3.23. The molecule has 4 aromatic rings. The fourth-order valence-corrected chi connectivity index (χ4v) is 3.45. The molecule has 0 bridgehead atoms. The molecular weight excluding hydrogens is 417 g/mol. The third-order valence-electron chi connectivity index (χ3n) is 4.64. The normalized spacial score (nSPS) is 10.7. The highest BCUT2D eigenvalue weighted by Crippen LogP contribution is 2.29. The van der Waals surface area contributed by atoms with Crippen molar-refractivity contribution in [1.29, 1.82) is 0 Å². The maximum atomic E-state index is 13.3. The van der Waals surface area contributed by atoms with Crippen LogP contribution in [-0.2, 0) is 4.79 Å². The number of rotatable bonds is 4. The van der Waals surface area contributed by atoms with Crippen LogP contribution in [0.15, 0.2) is 72.8 Å². The van der Waals surface area contributed by atoms with Crippen LogP contribution >= 0.6 is 11.6 Å². The second kappa shape index (κ2) is 8.53. The van der Waals surface area contributed by atoms with Gasteiger partial charge in [0, 0.05) is 23.6 Å². The van der Waals surface area contributed by atoms with Crippen molar-refractivity contribution in [1.82, 2.24) is 4.98 Å². The molecule has 3 aromatic carbocycles. The number of halogens is 2. The highest BCUT2D eigenvalue weighted by atomic mass is 35.5. The van der Waals surface area contributed by atoms with E-state index in [-0.39, 0.29) is 22.7 Å². The molecular formula is C24H17ClFN3O2. The van der Waals surface area contributed by atoms with Gasteiger partial charge in [-0.3, -0.25) is 9.59 Å². The molecule has 0 atom stereocenters. The maximum absolute atomic E-state index is 13.3. The Hall–Kier alpha value is -3.77. The molecule has 0 saturated carbocycles. The molecule has 0 saturated heterocycles. The molecule has 0 aliphatic heterocycles. The Bertz CT molecular complexity index is 1310. The molecule has 0 aliphatic rings. The summed E-state index contributed by atoms with van der Waals surface area (Å²) >= 11 is 6.29. The quantitative estimate of drug-likeness (QED) is 0.420. The number of hydrogen-bond donors (Lipinski definition) is 2. The van der Waals surface area contributed by atoms with E-state index in [1.807, 2.05) is 24.3 Å². The summed E-state index contributed by atoms with van der Waals surface area (Å²) in [7, 11) is 0. The van der Waals surface area contributed by atoms with Gasteiger partial charge in [0.05, 0.1) is 27.5 Å². The van der Waals surface area contributed by atoms with Crippen LogP contribution in [0.4, 0.5) is 15.8 Å². The van der Waals surface area contributed by atoms with Crippen LogP contribution in [0, 0.1) is 5.82 Å². The maximum Gasteiger partial charge on any atom is 0.256 e. The second-order valence-electron chi connectivity index (χ2n) is 6.91. The summed E-state index contributed by atoms with van der Waals surface area (Å²) in [6.07, 6.45) is 0. The Morgan fingerprint density at radius 3 is 2.39 bits per heavy atom. The molecule has 0 fully saturated rings. The first-order valence-corrected chi connectivity index (χ1v) is 9.83. The topological polar surface area (TPSA) is 71.1 Å². The Balaban J connectivity index is 1.72. The molecule has 31 heavy (non-hydrogen) atoms. The molecule has 5 nitrogen and oxygen atoms in total. The van der Waals surface area contributed by atoms with Gasteiger partial charge in [-0.05, 0) is 54.6 Å². The van der Waals surface area contributed by atoms with E-state index in [2.05, 4.69) is 15.6 Å². The summed E-state index contributed by atoms with van der Waals surface area (Å²) in [6, 6.07) is 19.7. The SMILES string of the molecule is CC(=O)Nc1ccc(NC(=O)c2cc(-c3ccc(F)cc3)nc3ccccc23)c(Cl)c1. The lowest BCUT2D eigenvalue weighted by molar-refractivity contribution is -0.114. The molecule has 0 radical (unpaired) electrons. The number of fused-ring (bicyclic) bond motifs is 1. The van der Waals surface area contributed by atoms with Gasteiger partial charge in [0.2, 0.25) is 5.91 Å². The molecule has 2 N–H and O–H groups in total. The first-order chi connectivity index (χ1) is 14.9. The van der Waals surface area contributed by atoms with Crippen molar-refractivity contribution in [2.75, 3.05) is 10.6 Å². The van der Waals surface area contributed by atoms with Crippen LogP contribution in [0.2, 0.25) is 5.02 Å². The van der Waals surface area contributed by atoms with Crippen LogP contribution in [0.1, 0.15) is 17.3 Å². The van der Waals surface area contributed by atoms with E-state index in [1.165, 1.54) is 19.1 Å². The Morgan fingerprint density at radius 1 is 0.935 bits per heavy atom. The zero-order chi connectivity index (χ0) is 22.0. The van der Waals surface area contributed by atoms with Gasteiger partial charge in [0.15, 0.2) is 0 Å². The minimum absolute atomic E-state index is 0.218. The smallest absolute Gasteiger partial charge is 0.256 e. The van der Waals surface area contributed by atoms with E-state index in [9.17, 15) is 14.0 Å². The van der Waals surface area contributed by atoms with Crippen molar-refractivity contribution in [2.45, 2.75) is 6.92 Å². The van der Waals surface area contributed by atoms with Crippen molar-refractivity contribution in [3.05, 3.63) is 89.2 Å². The standard InChI is InChI=1S/C24H17ClFN3O2/c1-14(30)27-17-10-11-22(20(25)12-17)29-24(31)19-13-23(15-6-8-16(26)9-7-15)28-21-5-3-2-4-18(19)21/h2-13H,1H3,(H,27,30)(H,29,31). The predicted octanol–water partition coefficient (Wildman–Crippen LogP) is 5.91. The second-order valence-corrected chi connectivity index (χ2v) is 7.32. The number of hydrogen-bond acceptors (Lipinski definition) is 3. The lowest BCUT2D eigenvalue weighted by Gasteiger charge is -2.12.